The number of carboxylic acid groups (broad SMARTS) is 1. The van der Waals surface area contributed by atoms with Crippen molar-refractivity contribution in [2.24, 2.45) is 0 Å². The quantitative estimate of drug-likeness (QED) is 0.614. The molecule has 0 amide bonds. The molecule has 0 aliphatic heterocycles. The molecule has 5 nitrogen and oxygen atoms in total. The Hall–Kier alpha value is -1.75. The highest BCUT2D eigenvalue weighted by Crippen LogP contribution is 2.16. The molecule has 0 unspecified atom stereocenters. The van der Waals surface area contributed by atoms with Gasteiger partial charge in [-0.3, -0.25) is 0 Å². The van der Waals surface area contributed by atoms with E-state index in [-0.39, 0.29) is 6.54 Å². The zero-order valence-corrected chi connectivity index (χ0v) is 8.31. The first-order valence-corrected chi connectivity index (χ1v) is 4.55. The van der Waals surface area contributed by atoms with Gasteiger partial charge in [0.2, 0.25) is 6.33 Å². The van der Waals surface area contributed by atoms with E-state index in [9.17, 15) is 10.0 Å². The van der Waals surface area contributed by atoms with Crippen LogP contribution in [-0.2, 0) is 11.3 Å². The molecule has 2 aromatic rings. The van der Waals surface area contributed by atoms with Gasteiger partial charge in [-0.2, -0.15) is 0 Å². The molecular weight excluding hydrogens is 220 g/mol. The predicted octanol–water partition coefficient (Wildman–Crippen LogP) is 1.01. The monoisotopic (exact) mass is 226 g/mol. The van der Waals surface area contributed by atoms with Gasteiger partial charge in [0.25, 0.3) is 0 Å². The van der Waals surface area contributed by atoms with Crippen molar-refractivity contribution in [3.8, 4) is 0 Å². The zero-order valence-electron chi connectivity index (χ0n) is 7.55. The van der Waals surface area contributed by atoms with Gasteiger partial charge in [0, 0.05) is 11.1 Å². The van der Waals surface area contributed by atoms with Gasteiger partial charge in [0.05, 0.1) is 0 Å². The largest absolute Gasteiger partial charge is 0.710 e. The third kappa shape index (κ3) is 1.73. The second kappa shape index (κ2) is 3.43. The van der Waals surface area contributed by atoms with Gasteiger partial charge in [-0.25, -0.2) is 14.1 Å². The number of hydrogen-bond acceptors (Lipinski definition) is 2. The fourth-order valence-electron chi connectivity index (χ4n) is 1.44. The lowest BCUT2D eigenvalue weighted by molar-refractivity contribution is -0.578. The number of carbonyl (C=O) groups is 1. The third-order valence-electron chi connectivity index (χ3n) is 2.03. The summed E-state index contributed by atoms with van der Waals surface area (Å²) in [5.74, 6) is -0.998. The Kier molecular flexibility index (Phi) is 2.24. The molecule has 0 radical (unpaired) electrons. The summed E-state index contributed by atoms with van der Waals surface area (Å²) in [6.45, 7) is -0.243. The minimum Gasteiger partial charge on any atom is -0.710 e. The van der Waals surface area contributed by atoms with Crippen molar-refractivity contribution in [2.45, 2.75) is 6.54 Å². The lowest BCUT2D eigenvalue weighted by atomic mass is 10.3. The van der Waals surface area contributed by atoms with Gasteiger partial charge < -0.3 is 10.3 Å². The van der Waals surface area contributed by atoms with Crippen LogP contribution in [-0.4, -0.2) is 15.6 Å². The van der Waals surface area contributed by atoms with Crippen LogP contribution in [0.2, 0.25) is 5.02 Å². The van der Waals surface area contributed by atoms with Crippen molar-refractivity contribution in [2.75, 3.05) is 0 Å². The summed E-state index contributed by atoms with van der Waals surface area (Å²) in [6.07, 6.45) is 1.19. The van der Waals surface area contributed by atoms with Gasteiger partial charge >= 0.3 is 5.97 Å². The van der Waals surface area contributed by atoms with E-state index in [1.165, 1.54) is 17.0 Å². The van der Waals surface area contributed by atoms with E-state index >= 15 is 0 Å². The molecule has 0 fully saturated rings. The van der Waals surface area contributed by atoms with Crippen LogP contribution in [0.3, 0.4) is 0 Å². The van der Waals surface area contributed by atoms with Crippen molar-refractivity contribution in [1.82, 2.24) is 4.57 Å². The Morgan fingerprint density at radius 3 is 3.00 bits per heavy atom. The van der Waals surface area contributed by atoms with Crippen LogP contribution in [0.1, 0.15) is 0 Å². The maximum absolute atomic E-state index is 11.4. The fourth-order valence-corrected chi connectivity index (χ4v) is 1.61. The highest BCUT2D eigenvalue weighted by molar-refractivity contribution is 6.31. The highest BCUT2D eigenvalue weighted by Gasteiger charge is 2.14. The van der Waals surface area contributed by atoms with Gasteiger partial charge in [-0.15, -0.1) is 0 Å². The first kappa shape index (κ1) is 9.79. The van der Waals surface area contributed by atoms with Crippen molar-refractivity contribution in [3.63, 3.8) is 0 Å². The number of hydrogen-bond donors (Lipinski definition) is 1. The lowest BCUT2D eigenvalue weighted by Gasteiger charge is -1.95. The average Bonchev–Trinajstić information content (AvgIpc) is 2.42. The summed E-state index contributed by atoms with van der Waals surface area (Å²) in [6, 6.07) is 4.74. The van der Waals surface area contributed by atoms with Crippen molar-refractivity contribution in [1.29, 1.82) is 0 Å². The SMILES string of the molecule is O=C(O)Cn1c[n+]([O-])c2cc(Cl)ccc21. The third-order valence-corrected chi connectivity index (χ3v) is 2.27. The summed E-state index contributed by atoms with van der Waals surface area (Å²) in [5, 5.41) is 20.5. The van der Waals surface area contributed by atoms with E-state index in [0.717, 1.165) is 0 Å². The van der Waals surface area contributed by atoms with Crippen molar-refractivity contribution < 1.29 is 14.6 Å². The number of benzene rings is 1. The number of nitrogens with zero attached hydrogens (tertiary/aromatic N) is 2. The molecule has 0 bridgehead atoms. The van der Waals surface area contributed by atoms with Gasteiger partial charge in [0.15, 0.2) is 17.6 Å². The minimum absolute atomic E-state index is 0.243. The molecule has 0 spiro atoms. The Morgan fingerprint density at radius 1 is 1.60 bits per heavy atom. The topological polar surface area (TPSA) is 69.2 Å². The molecule has 78 valence electrons. The molecule has 15 heavy (non-hydrogen) atoms. The predicted molar refractivity (Wildman–Crippen MR) is 53.5 cm³/mol. The summed E-state index contributed by atoms with van der Waals surface area (Å²) in [4.78, 5) is 10.5. The van der Waals surface area contributed by atoms with Crippen LogP contribution in [0.5, 0.6) is 0 Å². The number of fused-ring (bicyclic) bond motifs is 1. The van der Waals surface area contributed by atoms with E-state index in [1.54, 1.807) is 12.1 Å². The molecule has 6 heteroatoms. The molecular formula is C9H7ClN2O3. The maximum Gasteiger partial charge on any atom is 0.346 e. The molecule has 1 N–H and O–H groups in total. The Balaban J connectivity index is 2.62. The van der Waals surface area contributed by atoms with E-state index in [4.69, 9.17) is 16.7 Å². The highest BCUT2D eigenvalue weighted by atomic mass is 35.5. The number of imidazole rings is 1. The molecule has 2 rings (SSSR count). The first-order chi connectivity index (χ1) is 7.08. The smallest absolute Gasteiger partial charge is 0.346 e. The van der Waals surface area contributed by atoms with Crippen LogP contribution in [0, 0.1) is 5.21 Å². The van der Waals surface area contributed by atoms with Gasteiger partial charge in [-0.1, -0.05) is 11.6 Å². The van der Waals surface area contributed by atoms with Gasteiger partial charge in [-0.05, 0) is 12.1 Å². The number of aromatic nitrogens is 2. The second-order valence-corrected chi connectivity index (χ2v) is 3.53. The average molecular weight is 227 g/mol. The number of halogens is 1. The van der Waals surface area contributed by atoms with E-state index in [0.29, 0.717) is 20.8 Å². The summed E-state index contributed by atoms with van der Waals surface area (Å²) >= 11 is 5.73. The number of carboxylic acids is 1. The van der Waals surface area contributed by atoms with E-state index < -0.39 is 5.97 Å². The van der Waals surface area contributed by atoms with Gasteiger partial charge in [0.1, 0.15) is 0 Å². The number of aliphatic carboxylic acids is 1. The Labute approximate surface area is 89.7 Å². The van der Waals surface area contributed by atoms with Crippen molar-refractivity contribution in [3.05, 3.63) is 34.8 Å². The van der Waals surface area contributed by atoms with E-state index in [2.05, 4.69) is 0 Å². The fraction of sp³-hybridized carbons (Fsp3) is 0.111. The molecule has 0 atom stereocenters. The summed E-state index contributed by atoms with van der Waals surface area (Å²) < 4.78 is 1.96. The molecule has 0 saturated heterocycles. The first-order valence-electron chi connectivity index (χ1n) is 4.17. The van der Waals surface area contributed by atoms with Crippen LogP contribution in [0.4, 0.5) is 0 Å². The van der Waals surface area contributed by atoms with E-state index in [1.807, 2.05) is 0 Å². The van der Waals surface area contributed by atoms with Crippen LogP contribution in [0.15, 0.2) is 24.5 Å². The Morgan fingerprint density at radius 2 is 2.33 bits per heavy atom. The zero-order chi connectivity index (χ0) is 11.0. The Bertz CT molecular complexity index is 535. The molecule has 1 heterocycles. The molecule has 1 aromatic heterocycles. The molecule has 0 saturated carbocycles. The summed E-state index contributed by atoms with van der Waals surface area (Å²) in [5.41, 5.74) is 0.917. The van der Waals surface area contributed by atoms with Crippen LogP contribution >= 0.6 is 11.6 Å². The minimum atomic E-state index is -0.998. The molecule has 0 aliphatic carbocycles. The molecule has 0 aliphatic rings. The number of rotatable bonds is 2. The van der Waals surface area contributed by atoms with Crippen LogP contribution in [0.25, 0.3) is 11.0 Å². The summed E-state index contributed by atoms with van der Waals surface area (Å²) in [7, 11) is 0. The maximum atomic E-state index is 11.4. The lowest BCUT2D eigenvalue weighted by Crippen LogP contribution is -2.23. The standard InChI is InChI=1S/C9H7ClN2O3/c10-6-1-2-7-8(3-6)12(15)5-11(7)4-9(13)14/h1-3,5H,4H2,(H,13,14). The molecule has 1 aromatic carbocycles. The van der Waals surface area contributed by atoms with Crippen LogP contribution < -0.4 is 4.73 Å². The normalized spacial score (nSPS) is 10.7. The second-order valence-electron chi connectivity index (χ2n) is 3.10. The van der Waals surface area contributed by atoms with Crippen molar-refractivity contribution >= 4 is 28.6 Å².